The summed E-state index contributed by atoms with van der Waals surface area (Å²) in [6, 6.07) is 8.80. The van der Waals surface area contributed by atoms with Gasteiger partial charge in [-0.05, 0) is 62.2 Å². The van der Waals surface area contributed by atoms with E-state index in [4.69, 9.17) is 19.2 Å². The third-order valence-corrected chi connectivity index (χ3v) is 6.62. The first kappa shape index (κ1) is 25.1. The topological polar surface area (TPSA) is 120 Å². The maximum Gasteiger partial charge on any atom is 0.338 e. The largest absolute Gasteiger partial charge is 0.504 e. The molecule has 4 rings (SSSR count). The lowest BCUT2D eigenvalue weighted by molar-refractivity contribution is -0.138. The van der Waals surface area contributed by atoms with Gasteiger partial charge in [-0.25, -0.2) is 9.79 Å². The van der Waals surface area contributed by atoms with Crippen molar-refractivity contribution in [3.63, 3.8) is 0 Å². The Morgan fingerprint density at radius 1 is 1.11 bits per heavy atom. The van der Waals surface area contributed by atoms with E-state index in [2.05, 4.69) is 0 Å². The summed E-state index contributed by atoms with van der Waals surface area (Å²) in [6.07, 6.45) is 1.69. The molecule has 0 saturated heterocycles. The third-order valence-electron chi connectivity index (χ3n) is 5.64. The van der Waals surface area contributed by atoms with E-state index < -0.39 is 12.0 Å². The van der Waals surface area contributed by atoms with Crippen LogP contribution in [0.3, 0.4) is 0 Å². The summed E-state index contributed by atoms with van der Waals surface area (Å²) >= 11 is 1.18. The molecule has 0 bridgehead atoms. The molecular formula is C26H26N2O7S. The van der Waals surface area contributed by atoms with E-state index in [9.17, 15) is 19.8 Å². The van der Waals surface area contributed by atoms with Gasteiger partial charge in [-0.2, -0.15) is 0 Å². The van der Waals surface area contributed by atoms with Crippen LogP contribution in [0, 0.1) is 0 Å². The molecule has 3 aromatic rings. The van der Waals surface area contributed by atoms with Gasteiger partial charge >= 0.3 is 5.97 Å². The lowest BCUT2D eigenvalue weighted by Gasteiger charge is -2.22. The molecule has 0 saturated carbocycles. The molecule has 1 aliphatic rings. The molecule has 0 aliphatic carbocycles. The molecule has 2 N–H and O–H groups in total. The molecule has 36 heavy (non-hydrogen) atoms. The van der Waals surface area contributed by atoms with E-state index in [1.807, 2.05) is 6.92 Å². The summed E-state index contributed by atoms with van der Waals surface area (Å²) in [5.41, 5.74) is 1.58. The Bertz CT molecular complexity index is 1530. The molecule has 0 radical (unpaired) electrons. The van der Waals surface area contributed by atoms with Gasteiger partial charge in [0.15, 0.2) is 27.8 Å². The molecule has 0 amide bonds. The van der Waals surface area contributed by atoms with Gasteiger partial charge in [0, 0.05) is 5.70 Å². The molecule has 1 aliphatic heterocycles. The molecule has 0 unspecified atom stereocenters. The van der Waals surface area contributed by atoms with E-state index >= 15 is 0 Å². The second-order valence-electron chi connectivity index (χ2n) is 7.88. The first-order valence-electron chi connectivity index (χ1n) is 11.3. The van der Waals surface area contributed by atoms with E-state index in [0.29, 0.717) is 38.5 Å². The number of nitrogens with zero attached hydrogens (tertiary/aromatic N) is 2. The summed E-state index contributed by atoms with van der Waals surface area (Å²) in [4.78, 5) is 31.5. The number of benzene rings is 2. The fraction of sp³-hybridized carbons (Fsp3) is 0.269. The number of methoxy groups -OCH3 is 1. The molecule has 10 heteroatoms. The molecule has 9 nitrogen and oxygen atoms in total. The molecule has 0 spiro atoms. The average Bonchev–Trinajstić information content (AvgIpc) is 3.16. The van der Waals surface area contributed by atoms with Crippen LogP contribution < -0.4 is 24.4 Å². The number of esters is 1. The van der Waals surface area contributed by atoms with E-state index in [0.717, 1.165) is 0 Å². The minimum atomic E-state index is -0.761. The van der Waals surface area contributed by atoms with Crippen LogP contribution in [0.15, 0.2) is 51.8 Å². The molecule has 1 aromatic heterocycles. The first-order chi connectivity index (χ1) is 17.3. The number of phenolic OH excluding ortho intramolecular Hbond substituents is 2. The van der Waals surface area contributed by atoms with Gasteiger partial charge in [0.25, 0.3) is 5.56 Å². The van der Waals surface area contributed by atoms with Crippen molar-refractivity contribution in [2.24, 2.45) is 4.99 Å². The van der Waals surface area contributed by atoms with Crippen molar-refractivity contribution in [1.82, 2.24) is 4.57 Å². The normalized spacial score (nSPS) is 15.3. The van der Waals surface area contributed by atoms with Crippen LogP contribution in [0.5, 0.6) is 23.0 Å². The Morgan fingerprint density at radius 2 is 1.83 bits per heavy atom. The van der Waals surface area contributed by atoms with Crippen LogP contribution in [0.1, 0.15) is 37.9 Å². The Morgan fingerprint density at radius 3 is 2.53 bits per heavy atom. The van der Waals surface area contributed by atoms with Crippen molar-refractivity contribution in [2.75, 3.05) is 20.3 Å². The molecular weight excluding hydrogens is 484 g/mol. The number of aromatic hydroxyl groups is 2. The van der Waals surface area contributed by atoms with Crippen LogP contribution in [0.2, 0.25) is 0 Å². The molecule has 2 aromatic carbocycles. The number of phenols is 2. The molecule has 2 heterocycles. The maximum absolute atomic E-state index is 13.4. The Hall–Kier alpha value is -4.05. The third kappa shape index (κ3) is 4.59. The summed E-state index contributed by atoms with van der Waals surface area (Å²) in [7, 11) is 1.43. The summed E-state index contributed by atoms with van der Waals surface area (Å²) in [5, 5.41) is 20.0. The standard InChI is InChI=1S/C26H26N2O7S/c1-5-34-20-11-15(7-9-18(20)30)12-21-24(31)28-14(3)22(25(32)35-6-2)23(27-26(28)36-21)16-8-10-17(29)19(13-16)33-4/h7-13,23,29-30H,5-6H2,1-4H3/b21-12-/t23-/m1/s1. The van der Waals surface area contributed by atoms with E-state index in [1.54, 1.807) is 44.2 Å². The predicted octanol–water partition coefficient (Wildman–Crippen LogP) is 2.73. The fourth-order valence-corrected chi connectivity index (χ4v) is 5.01. The minimum Gasteiger partial charge on any atom is -0.504 e. The minimum absolute atomic E-state index is 0.0104. The van der Waals surface area contributed by atoms with E-state index in [-0.39, 0.29) is 35.0 Å². The van der Waals surface area contributed by atoms with Gasteiger partial charge in [-0.1, -0.05) is 23.5 Å². The number of aromatic nitrogens is 1. The van der Waals surface area contributed by atoms with Gasteiger partial charge in [-0.3, -0.25) is 9.36 Å². The summed E-state index contributed by atoms with van der Waals surface area (Å²) in [5.74, 6) is -0.0506. The Kier molecular flexibility index (Phi) is 7.16. The maximum atomic E-state index is 13.4. The van der Waals surface area contributed by atoms with Crippen molar-refractivity contribution in [3.8, 4) is 23.0 Å². The summed E-state index contributed by atoms with van der Waals surface area (Å²) < 4.78 is 17.8. The SMILES string of the molecule is CCOC(=O)C1=C(C)n2c(s/c(=C\c3ccc(O)c(OCC)c3)c2=O)=N[C@@H]1c1ccc(O)c(OC)c1. The van der Waals surface area contributed by atoms with E-state index in [1.165, 1.54) is 35.1 Å². The zero-order valence-corrected chi connectivity index (χ0v) is 21.1. The predicted molar refractivity (Wildman–Crippen MR) is 135 cm³/mol. The second kappa shape index (κ2) is 10.3. The van der Waals surface area contributed by atoms with Gasteiger partial charge in [0.05, 0.1) is 30.4 Å². The number of ether oxygens (including phenoxy) is 3. The van der Waals surface area contributed by atoms with Crippen LogP contribution in [0.4, 0.5) is 0 Å². The number of hydrogen-bond donors (Lipinski definition) is 2. The zero-order chi connectivity index (χ0) is 26.0. The first-order valence-corrected chi connectivity index (χ1v) is 12.1. The monoisotopic (exact) mass is 510 g/mol. The van der Waals surface area contributed by atoms with Crippen molar-refractivity contribution in [1.29, 1.82) is 0 Å². The number of hydrogen-bond acceptors (Lipinski definition) is 9. The van der Waals surface area contributed by atoms with Gasteiger partial charge in [-0.15, -0.1) is 0 Å². The zero-order valence-electron chi connectivity index (χ0n) is 20.3. The number of thiazole rings is 1. The van der Waals surface area contributed by atoms with Gasteiger partial charge in [0.1, 0.15) is 6.04 Å². The highest BCUT2D eigenvalue weighted by atomic mass is 32.1. The highest BCUT2D eigenvalue weighted by Crippen LogP contribution is 2.36. The van der Waals surface area contributed by atoms with Crippen LogP contribution in [-0.2, 0) is 9.53 Å². The number of carbonyl (C=O) groups is 1. The quantitative estimate of drug-likeness (QED) is 0.469. The number of fused-ring (bicyclic) bond motifs is 1. The second-order valence-corrected chi connectivity index (χ2v) is 8.89. The van der Waals surface area contributed by atoms with Crippen molar-refractivity contribution in [2.45, 2.75) is 26.8 Å². The van der Waals surface area contributed by atoms with Crippen LogP contribution in [0.25, 0.3) is 11.8 Å². The fourth-order valence-electron chi connectivity index (χ4n) is 3.97. The number of carbonyl (C=O) groups excluding carboxylic acids is 1. The number of rotatable bonds is 7. The highest BCUT2D eigenvalue weighted by molar-refractivity contribution is 7.07. The van der Waals surface area contributed by atoms with Gasteiger partial charge in [0.2, 0.25) is 0 Å². The van der Waals surface area contributed by atoms with Crippen molar-refractivity contribution in [3.05, 3.63) is 72.8 Å². The van der Waals surface area contributed by atoms with Crippen LogP contribution in [-0.4, -0.2) is 41.1 Å². The average molecular weight is 511 g/mol. The lowest BCUT2D eigenvalue weighted by Crippen LogP contribution is -2.35. The smallest absolute Gasteiger partial charge is 0.338 e. The summed E-state index contributed by atoms with van der Waals surface area (Å²) in [6.45, 7) is 5.74. The molecule has 188 valence electrons. The lowest BCUT2D eigenvalue weighted by atomic mass is 9.96. The highest BCUT2D eigenvalue weighted by Gasteiger charge is 2.32. The molecule has 0 fully saturated rings. The van der Waals surface area contributed by atoms with Gasteiger partial charge < -0.3 is 24.4 Å². The molecule has 1 atom stereocenters. The van der Waals surface area contributed by atoms with Crippen LogP contribution >= 0.6 is 11.3 Å². The Labute approximate surface area is 210 Å². The Balaban J connectivity index is 1.92. The van der Waals surface area contributed by atoms with Crippen molar-refractivity contribution < 1.29 is 29.2 Å². The van der Waals surface area contributed by atoms with Crippen molar-refractivity contribution >= 4 is 29.1 Å². The number of allylic oxidation sites excluding steroid dienone is 1.